The van der Waals surface area contributed by atoms with Crippen molar-refractivity contribution in [3.8, 4) is 0 Å². The Morgan fingerprint density at radius 1 is 1.07 bits per heavy atom. The number of anilines is 1. The Bertz CT molecular complexity index is 953. The van der Waals surface area contributed by atoms with Gasteiger partial charge in [0.05, 0.1) is 5.02 Å². The minimum Gasteiger partial charge on any atom is -0.355 e. The smallest absolute Gasteiger partial charge is 0.131 e. The minimum atomic E-state index is -0.224. The summed E-state index contributed by atoms with van der Waals surface area (Å²) in [5, 5.41) is 4.04. The summed E-state index contributed by atoms with van der Waals surface area (Å²) >= 11 is 6.63. The first-order valence-electron chi connectivity index (χ1n) is 10.3. The van der Waals surface area contributed by atoms with Crippen LogP contribution in [0.1, 0.15) is 69.2 Å². The lowest BCUT2D eigenvalue weighted by Gasteiger charge is -2.17. The summed E-state index contributed by atoms with van der Waals surface area (Å²) < 4.78 is 14.7. The highest BCUT2D eigenvalue weighted by atomic mass is 35.5. The summed E-state index contributed by atoms with van der Waals surface area (Å²) in [6.07, 6.45) is 6.79. The largest absolute Gasteiger partial charge is 0.355 e. The molecule has 3 heteroatoms. The van der Waals surface area contributed by atoms with E-state index >= 15 is 0 Å². The molecule has 0 saturated carbocycles. The first-order valence-corrected chi connectivity index (χ1v) is 10.6. The maximum Gasteiger partial charge on any atom is 0.131 e. The van der Waals surface area contributed by atoms with Crippen molar-refractivity contribution in [3.05, 3.63) is 82.2 Å². The lowest BCUT2D eigenvalue weighted by molar-refractivity contribution is 0.622. The van der Waals surface area contributed by atoms with Gasteiger partial charge in [0, 0.05) is 22.5 Å². The number of hydrogen-bond acceptors (Lipinski definition) is 1. The standard InChI is InChI=1S/C26H31ClFN/c1-7-11-20(10-4)22-13-12-21(16-24(22)28)18(6)29-25-15-14-23(19(8-2)9-3)26(27)17(25)5/h8,11-16,29H,6-7,9-10H2,1-5H3/b19-8+,20-11+. The van der Waals surface area contributed by atoms with Crippen molar-refractivity contribution in [1.82, 2.24) is 0 Å². The zero-order valence-corrected chi connectivity index (χ0v) is 18.9. The SMILES string of the molecule is C=C(Nc1ccc(/C(=C/C)CC)c(Cl)c1C)c1ccc(/C(=C/CC)CC)c(F)c1. The molecule has 0 amide bonds. The number of rotatable bonds is 8. The summed E-state index contributed by atoms with van der Waals surface area (Å²) in [5.41, 5.74) is 7.15. The fourth-order valence-corrected chi connectivity index (χ4v) is 3.79. The van der Waals surface area contributed by atoms with Gasteiger partial charge in [-0.25, -0.2) is 4.39 Å². The molecule has 154 valence electrons. The van der Waals surface area contributed by atoms with E-state index in [1.165, 1.54) is 5.57 Å². The zero-order chi connectivity index (χ0) is 21.6. The van der Waals surface area contributed by atoms with Crippen molar-refractivity contribution in [3.63, 3.8) is 0 Å². The second-order valence-corrected chi connectivity index (χ2v) is 7.43. The molecule has 0 aromatic heterocycles. The van der Waals surface area contributed by atoms with Gasteiger partial charge in [-0.2, -0.15) is 0 Å². The van der Waals surface area contributed by atoms with Crippen molar-refractivity contribution in [2.45, 2.75) is 53.9 Å². The van der Waals surface area contributed by atoms with Crippen molar-refractivity contribution in [2.75, 3.05) is 5.32 Å². The van der Waals surface area contributed by atoms with Crippen LogP contribution in [-0.4, -0.2) is 0 Å². The molecule has 0 radical (unpaired) electrons. The van der Waals surface area contributed by atoms with E-state index in [2.05, 4.69) is 37.9 Å². The Morgan fingerprint density at radius 2 is 1.72 bits per heavy atom. The lowest BCUT2D eigenvalue weighted by atomic mass is 9.98. The summed E-state index contributed by atoms with van der Waals surface area (Å²) in [6.45, 7) is 14.3. The monoisotopic (exact) mass is 411 g/mol. The van der Waals surface area contributed by atoms with Crippen LogP contribution in [0.3, 0.4) is 0 Å². The number of allylic oxidation sites excluding steroid dienone is 4. The molecule has 2 aromatic carbocycles. The van der Waals surface area contributed by atoms with Gasteiger partial charge in [-0.05, 0) is 67.5 Å². The molecule has 0 aliphatic carbocycles. The van der Waals surface area contributed by atoms with E-state index in [1.807, 2.05) is 45.0 Å². The summed E-state index contributed by atoms with van der Waals surface area (Å²) in [7, 11) is 0. The Kier molecular flexibility index (Phi) is 8.28. The lowest BCUT2D eigenvalue weighted by Crippen LogP contribution is -2.02. The van der Waals surface area contributed by atoms with Crippen LogP contribution in [0.2, 0.25) is 5.02 Å². The highest BCUT2D eigenvalue weighted by molar-refractivity contribution is 6.33. The molecular weight excluding hydrogens is 381 g/mol. The first-order chi connectivity index (χ1) is 13.9. The quantitative estimate of drug-likeness (QED) is 0.457. The van der Waals surface area contributed by atoms with E-state index in [0.29, 0.717) is 11.3 Å². The molecule has 2 rings (SSSR count). The van der Waals surface area contributed by atoms with Gasteiger partial charge >= 0.3 is 0 Å². The van der Waals surface area contributed by atoms with E-state index in [-0.39, 0.29) is 5.82 Å². The van der Waals surface area contributed by atoms with E-state index in [4.69, 9.17) is 11.6 Å². The number of benzene rings is 2. The van der Waals surface area contributed by atoms with Gasteiger partial charge in [-0.3, -0.25) is 0 Å². The van der Waals surface area contributed by atoms with Crippen molar-refractivity contribution in [1.29, 1.82) is 0 Å². The molecule has 0 atom stereocenters. The molecule has 2 aromatic rings. The summed E-state index contributed by atoms with van der Waals surface area (Å²) in [4.78, 5) is 0. The third kappa shape index (κ3) is 5.19. The number of hydrogen-bond donors (Lipinski definition) is 1. The van der Waals surface area contributed by atoms with Gasteiger partial charge in [0.2, 0.25) is 0 Å². The van der Waals surface area contributed by atoms with Gasteiger partial charge < -0.3 is 5.32 Å². The fraction of sp³-hybridized carbons (Fsp3) is 0.308. The third-order valence-corrected chi connectivity index (χ3v) is 5.73. The van der Waals surface area contributed by atoms with Crippen LogP contribution in [0.4, 0.5) is 10.1 Å². The topological polar surface area (TPSA) is 12.0 Å². The van der Waals surface area contributed by atoms with Crippen LogP contribution in [-0.2, 0) is 0 Å². The highest BCUT2D eigenvalue weighted by Gasteiger charge is 2.13. The van der Waals surface area contributed by atoms with Crippen LogP contribution in [0.5, 0.6) is 0 Å². The molecule has 0 fully saturated rings. The first kappa shape index (κ1) is 23.0. The summed E-state index contributed by atoms with van der Waals surface area (Å²) in [5.74, 6) is -0.224. The molecule has 0 spiro atoms. The molecule has 0 unspecified atom stereocenters. The predicted octanol–water partition coefficient (Wildman–Crippen LogP) is 8.89. The Labute approximate surface area is 180 Å². The van der Waals surface area contributed by atoms with Crippen LogP contribution < -0.4 is 5.32 Å². The third-order valence-electron chi connectivity index (χ3n) is 5.24. The highest BCUT2D eigenvalue weighted by Crippen LogP contribution is 2.34. The average molecular weight is 412 g/mol. The van der Waals surface area contributed by atoms with Crippen molar-refractivity contribution < 1.29 is 4.39 Å². The zero-order valence-electron chi connectivity index (χ0n) is 18.1. The van der Waals surface area contributed by atoms with E-state index in [0.717, 1.165) is 52.2 Å². The molecular formula is C26H31ClFN. The second kappa shape index (κ2) is 10.5. The second-order valence-electron chi connectivity index (χ2n) is 7.06. The van der Waals surface area contributed by atoms with Crippen molar-refractivity contribution in [2.24, 2.45) is 0 Å². The molecule has 0 bridgehead atoms. The average Bonchev–Trinajstić information content (AvgIpc) is 2.72. The molecule has 0 aliphatic rings. The van der Waals surface area contributed by atoms with E-state index in [1.54, 1.807) is 6.07 Å². The molecule has 0 heterocycles. The molecule has 0 saturated heterocycles. The minimum absolute atomic E-state index is 0.224. The number of halogens is 2. The maximum atomic E-state index is 14.7. The molecule has 1 N–H and O–H groups in total. The fourth-order valence-electron chi connectivity index (χ4n) is 3.51. The van der Waals surface area contributed by atoms with E-state index < -0.39 is 0 Å². The van der Waals surface area contributed by atoms with Gasteiger partial charge in [0.25, 0.3) is 0 Å². The molecule has 1 nitrogen and oxygen atoms in total. The summed E-state index contributed by atoms with van der Waals surface area (Å²) in [6, 6.07) is 9.32. The van der Waals surface area contributed by atoms with Gasteiger partial charge in [0.1, 0.15) is 5.82 Å². The van der Waals surface area contributed by atoms with E-state index in [9.17, 15) is 4.39 Å². The predicted molar refractivity (Wildman–Crippen MR) is 128 cm³/mol. The normalized spacial score (nSPS) is 12.2. The maximum absolute atomic E-state index is 14.7. The van der Waals surface area contributed by atoms with Crippen LogP contribution in [0.15, 0.2) is 49.1 Å². The Morgan fingerprint density at radius 3 is 2.28 bits per heavy atom. The molecule has 0 aliphatic heterocycles. The van der Waals surface area contributed by atoms with Crippen LogP contribution in [0.25, 0.3) is 16.8 Å². The van der Waals surface area contributed by atoms with Crippen LogP contribution in [0, 0.1) is 12.7 Å². The Balaban J connectivity index is 2.30. The van der Waals surface area contributed by atoms with Gasteiger partial charge in [-0.1, -0.05) is 69.3 Å². The Hall–Kier alpha value is -2.32. The van der Waals surface area contributed by atoms with Crippen LogP contribution >= 0.6 is 11.6 Å². The van der Waals surface area contributed by atoms with Gasteiger partial charge in [-0.15, -0.1) is 0 Å². The van der Waals surface area contributed by atoms with Gasteiger partial charge in [0.15, 0.2) is 0 Å². The van der Waals surface area contributed by atoms with Crippen molar-refractivity contribution >= 4 is 34.1 Å². The molecule has 29 heavy (non-hydrogen) atoms. The number of nitrogens with one attached hydrogen (secondary N) is 1.